The largest absolute Gasteiger partial charge is 0.435 e. The Morgan fingerprint density at radius 2 is 1.77 bits per heavy atom. The van der Waals surface area contributed by atoms with Crippen molar-refractivity contribution in [1.82, 2.24) is 14.5 Å². The molecule has 0 unspecified atom stereocenters. The number of anilines is 3. The van der Waals surface area contributed by atoms with Gasteiger partial charge < -0.3 is 15.7 Å². The molecule has 0 atom stereocenters. The van der Waals surface area contributed by atoms with Crippen molar-refractivity contribution < 1.29 is 32.2 Å². The minimum atomic E-state index is -2.96. The van der Waals surface area contributed by atoms with Crippen LogP contribution in [0, 0.1) is 18.6 Å². The Morgan fingerprint density at radius 3 is 2.45 bits per heavy atom. The zero-order valence-corrected chi connectivity index (χ0v) is 15.9. The molecule has 0 spiro atoms. The molecule has 0 amide bonds. The van der Waals surface area contributed by atoms with E-state index in [2.05, 4.69) is 20.0 Å². The van der Waals surface area contributed by atoms with Gasteiger partial charge in [-0.2, -0.15) is 8.78 Å². The molecule has 4 rings (SSSR count). The van der Waals surface area contributed by atoms with Gasteiger partial charge in [0.2, 0.25) is 11.6 Å². The molecule has 0 bridgehead atoms. The Balaban J connectivity index is 1.75. The number of halogens is 4. The summed E-state index contributed by atoms with van der Waals surface area (Å²) in [7, 11) is 0. The van der Waals surface area contributed by atoms with Gasteiger partial charge in [0.05, 0.1) is 22.8 Å². The first-order valence-electron chi connectivity index (χ1n) is 8.81. The van der Waals surface area contributed by atoms with E-state index in [1.165, 1.54) is 34.9 Å². The Hall–Kier alpha value is -4.09. The predicted octanol–water partition coefficient (Wildman–Crippen LogP) is 3.46. The molecule has 4 N–H and O–H groups in total. The van der Waals surface area contributed by atoms with Gasteiger partial charge in [-0.1, -0.05) is 4.98 Å². The summed E-state index contributed by atoms with van der Waals surface area (Å²) in [4.78, 5) is 8.48. The summed E-state index contributed by atoms with van der Waals surface area (Å²) in [6.07, 6.45) is 0. The SMILES string of the molecule is Cc1nc2cc(F)c(F)cc2n1-c1cc(N)[n+](O)c(Nc2ccc(OC(F)F)cc2)n1. The molecule has 12 heteroatoms. The third-order valence-corrected chi connectivity index (χ3v) is 4.37. The number of fused-ring (bicyclic) bond motifs is 1. The molecule has 2 aromatic carbocycles. The molecular weight excluding hydrogens is 420 g/mol. The van der Waals surface area contributed by atoms with Crippen molar-refractivity contribution in [3.63, 3.8) is 0 Å². The van der Waals surface area contributed by atoms with Crippen LogP contribution >= 0.6 is 0 Å². The maximum Gasteiger partial charge on any atom is 0.390 e. The highest BCUT2D eigenvalue weighted by Gasteiger charge is 2.21. The van der Waals surface area contributed by atoms with Crippen molar-refractivity contribution in [3.05, 3.63) is 59.9 Å². The monoisotopic (exact) mass is 435 g/mol. The molecule has 0 fully saturated rings. The summed E-state index contributed by atoms with van der Waals surface area (Å²) in [5.41, 5.74) is 6.71. The Kier molecular flexibility index (Phi) is 4.97. The van der Waals surface area contributed by atoms with Crippen LogP contribution in [0.5, 0.6) is 5.75 Å². The van der Waals surface area contributed by atoms with Gasteiger partial charge in [-0.15, -0.1) is 0 Å². The summed E-state index contributed by atoms with van der Waals surface area (Å²) >= 11 is 0. The second-order valence-electron chi connectivity index (χ2n) is 6.45. The quantitative estimate of drug-likeness (QED) is 0.252. The van der Waals surface area contributed by atoms with Crippen molar-refractivity contribution in [2.75, 3.05) is 11.1 Å². The van der Waals surface area contributed by atoms with Gasteiger partial charge >= 0.3 is 12.6 Å². The fraction of sp³-hybridized carbons (Fsp3) is 0.105. The summed E-state index contributed by atoms with van der Waals surface area (Å²) in [6.45, 7) is -1.34. The van der Waals surface area contributed by atoms with Gasteiger partial charge in [-0.05, 0) is 35.9 Å². The van der Waals surface area contributed by atoms with Crippen molar-refractivity contribution in [3.8, 4) is 11.6 Å². The van der Waals surface area contributed by atoms with Gasteiger partial charge in [0, 0.05) is 12.1 Å². The van der Waals surface area contributed by atoms with Crippen molar-refractivity contribution >= 4 is 28.5 Å². The molecule has 0 radical (unpaired) electrons. The van der Waals surface area contributed by atoms with E-state index in [1.807, 2.05) is 0 Å². The number of alkyl halides is 2. The molecule has 2 aromatic heterocycles. The van der Waals surface area contributed by atoms with E-state index in [0.717, 1.165) is 12.1 Å². The fourth-order valence-electron chi connectivity index (χ4n) is 3.03. The second-order valence-corrected chi connectivity index (χ2v) is 6.45. The van der Waals surface area contributed by atoms with Crippen LogP contribution in [0.2, 0.25) is 0 Å². The van der Waals surface area contributed by atoms with Gasteiger partial charge in [-0.25, -0.2) is 13.8 Å². The predicted molar refractivity (Wildman–Crippen MR) is 102 cm³/mol. The minimum absolute atomic E-state index is 0.0478. The van der Waals surface area contributed by atoms with Gasteiger partial charge in [0.15, 0.2) is 11.6 Å². The third kappa shape index (κ3) is 3.86. The number of ether oxygens (including phenoxy) is 1. The van der Waals surface area contributed by atoms with Crippen LogP contribution in [-0.4, -0.2) is 26.4 Å². The van der Waals surface area contributed by atoms with Crippen LogP contribution in [0.4, 0.5) is 35.0 Å². The van der Waals surface area contributed by atoms with E-state index in [4.69, 9.17) is 5.73 Å². The highest BCUT2D eigenvalue weighted by Crippen LogP contribution is 2.25. The second kappa shape index (κ2) is 7.63. The summed E-state index contributed by atoms with van der Waals surface area (Å²) in [5, 5.41) is 13.0. The third-order valence-electron chi connectivity index (χ3n) is 4.37. The van der Waals surface area contributed by atoms with Crippen LogP contribution in [0.25, 0.3) is 16.9 Å². The molecule has 0 saturated carbocycles. The maximum absolute atomic E-state index is 13.8. The topological polar surface area (TPSA) is 102 Å². The molecular formula is C19H15F4N6O2+. The van der Waals surface area contributed by atoms with E-state index in [-0.39, 0.29) is 34.4 Å². The molecule has 0 saturated heterocycles. The van der Waals surface area contributed by atoms with E-state index in [9.17, 15) is 22.8 Å². The van der Waals surface area contributed by atoms with Crippen LogP contribution in [-0.2, 0) is 0 Å². The molecule has 2 heterocycles. The zero-order chi connectivity index (χ0) is 22.3. The lowest BCUT2D eigenvalue weighted by atomic mass is 10.3. The first-order valence-corrected chi connectivity index (χ1v) is 8.81. The van der Waals surface area contributed by atoms with Gasteiger partial charge in [0.25, 0.3) is 0 Å². The molecule has 0 aliphatic heterocycles. The lowest BCUT2D eigenvalue weighted by Gasteiger charge is -2.09. The number of hydrogen-bond acceptors (Lipinski definition) is 6. The number of imidazole rings is 1. The van der Waals surface area contributed by atoms with Crippen LogP contribution in [0.3, 0.4) is 0 Å². The number of benzene rings is 2. The molecule has 8 nitrogen and oxygen atoms in total. The molecule has 160 valence electrons. The number of nitrogens with two attached hydrogens (primary N) is 1. The molecule has 0 aliphatic rings. The smallest absolute Gasteiger partial charge is 0.390 e. The van der Waals surface area contributed by atoms with Crippen molar-refractivity contribution in [2.24, 2.45) is 0 Å². The highest BCUT2D eigenvalue weighted by atomic mass is 19.3. The van der Waals surface area contributed by atoms with Crippen LogP contribution in [0.1, 0.15) is 5.82 Å². The fourth-order valence-corrected chi connectivity index (χ4v) is 3.03. The summed E-state index contributed by atoms with van der Waals surface area (Å²) < 4.78 is 58.2. The average molecular weight is 435 g/mol. The Morgan fingerprint density at radius 1 is 1.10 bits per heavy atom. The first kappa shape index (κ1) is 20.2. The maximum atomic E-state index is 13.8. The van der Waals surface area contributed by atoms with Crippen molar-refractivity contribution in [2.45, 2.75) is 13.5 Å². The molecule has 31 heavy (non-hydrogen) atoms. The standard InChI is InChI=1S/C19H14F4N6O2/c1-9-25-14-6-12(20)13(21)7-15(14)28(9)17-8-16(24)29(30)19(27-17)26-10-2-4-11(5-3-10)31-18(22)23/h2-8,18,30H,1H3,(H2,24,26,27)/p+1. The summed E-state index contributed by atoms with van der Waals surface area (Å²) in [6, 6.07) is 8.73. The number of nitrogen functional groups attached to an aromatic ring is 1. The van der Waals surface area contributed by atoms with E-state index in [1.54, 1.807) is 6.92 Å². The molecule has 0 aliphatic carbocycles. The molecule has 4 aromatic rings. The van der Waals surface area contributed by atoms with E-state index >= 15 is 0 Å². The number of nitrogens with one attached hydrogen (secondary N) is 1. The number of hydrogen-bond donors (Lipinski definition) is 3. The average Bonchev–Trinajstić information content (AvgIpc) is 3.01. The lowest BCUT2D eigenvalue weighted by molar-refractivity contribution is -0.883. The van der Waals surface area contributed by atoms with Crippen LogP contribution < -0.4 is 20.5 Å². The highest BCUT2D eigenvalue weighted by molar-refractivity contribution is 5.78. The number of aromatic nitrogens is 4. The number of aryl methyl sites for hydroxylation is 1. The Labute approximate surface area is 172 Å². The van der Waals surface area contributed by atoms with Gasteiger partial charge in [0.1, 0.15) is 11.6 Å². The van der Waals surface area contributed by atoms with Crippen molar-refractivity contribution in [1.29, 1.82) is 0 Å². The lowest BCUT2D eigenvalue weighted by Crippen LogP contribution is -2.38. The van der Waals surface area contributed by atoms with Gasteiger partial charge in [-0.3, -0.25) is 9.88 Å². The number of nitrogens with zero attached hydrogens (tertiary/aromatic N) is 4. The van der Waals surface area contributed by atoms with Crippen LogP contribution in [0.15, 0.2) is 42.5 Å². The van der Waals surface area contributed by atoms with E-state index in [0.29, 0.717) is 16.2 Å². The normalized spacial score (nSPS) is 11.3. The number of rotatable bonds is 5. The minimum Gasteiger partial charge on any atom is -0.435 e. The first-order chi connectivity index (χ1) is 14.7. The summed E-state index contributed by atoms with van der Waals surface area (Å²) in [5.74, 6) is -1.83. The Bertz CT molecular complexity index is 1280. The van der Waals surface area contributed by atoms with E-state index < -0.39 is 18.2 Å². The zero-order valence-electron chi connectivity index (χ0n) is 15.9.